The van der Waals surface area contributed by atoms with Crippen molar-refractivity contribution in [1.82, 2.24) is 5.32 Å². The molecule has 0 fully saturated rings. The molecule has 1 amide bonds. The highest BCUT2D eigenvalue weighted by molar-refractivity contribution is 9.13. The quantitative estimate of drug-likeness (QED) is 0.801. The van der Waals surface area contributed by atoms with E-state index in [1.165, 1.54) is 11.3 Å². The van der Waals surface area contributed by atoms with Crippen LogP contribution in [-0.4, -0.2) is 25.2 Å². The van der Waals surface area contributed by atoms with E-state index >= 15 is 0 Å². The molecule has 0 bridgehead atoms. The van der Waals surface area contributed by atoms with Crippen LogP contribution in [0, 0.1) is 0 Å². The summed E-state index contributed by atoms with van der Waals surface area (Å²) in [7, 11) is 0. The first kappa shape index (κ1) is 14.9. The van der Waals surface area contributed by atoms with Gasteiger partial charge < -0.3 is 14.8 Å². The Labute approximate surface area is 142 Å². The zero-order chi connectivity index (χ0) is 14.8. The molecule has 0 saturated heterocycles. The largest absolute Gasteiger partial charge is 0.486 e. The molecule has 3 rings (SSSR count). The molecule has 110 valence electrons. The van der Waals surface area contributed by atoms with Crippen LogP contribution >= 0.6 is 43.2 Å². The van der Waals surface area contributed by atoms with Gasteiger partial charge >= 0.3 is 0 Å². The first-order chi connectivity index (χ1) is 10.1. The van der Waals surface area contributed by atoms with E-state index in [-0.39, 0.29) is 12.0 Å². The predicted molar refractivity (Wildman–Crippen MR) is 88.4 cm³/mol. The Bertz CT molecular complexity index is 654. The maximum absolute atomic E-state index is 12.1. The number of para-hydroxylation sites is 2. The van der Waals surface area contributed by atoms with Gasteiger partial charge in [-0.2, -0.15) is 0 Å². The lowest BCUT2D eigenvalue weighted by atomic mass is 10.2. The van der Waals surface area contributed by atoms with E-state index < -0.39 is 0 Å². The van der Waals surface area contributed by atoms with Crippen molar-refractivity contribution in [3.63, 3.8) is 0 Å². The lowest BCUT2D eigenvalue weighted by molar-refractivity contribution is 0.0791. The molecule has 7 heteroatoms. The number of nitrogens with one attached hydrogen (secondary N) is 1. The number of carbonyl (C=O) groups excluding carboxylic acids is 1. The van der Waals surface area contributed by atoms with Crippen LogP contribution in [0.5, 0.6) is 11.5 Å². The van der Waals surface area contributed by atoms with Gasteiger partial charge in [0.2, 0.25) is 0 Å². The molecule has 0 spiro atoms. The normalized spacial score (nSPS) is 16.6. The molecule has 1 N–H and O–H groups in total. The molecule has 21 heavy (non-hydrogen) atoms. The van der Waals surface area contributed by atoms with E-state index in [2.05, 4.69) is 37.2 Å². The van der Waals surface area contributed by atoms with Gasteiger partial charge in [-0.05, 0) is 50.1 Å². The number of hydrogen-bond acceptors (Lipinski definition) is 4. The lowest BCUT2D eigenvalue weighted by Gasteiger charge is -2.26. The van der Waals surface area contributed by atoms with Crippen LogP contribution < -0.4 is 14.8 Å². The van der Waals surface area contributed by atoms with Gasteiger partial charge in [-0.3, -0.25) is 4.79 Å². The zero-order valence-electron chi connectivity index (χ0n) is 10.8. The van der Waals surface area contributed by atoms with Crippen LogP contribution in [0.2, 0.25) is 0 Å². The van der Waals surface area contributed by atoms with Crippen LogP contribution in [0.15, 0.2) is 38.6 Å². The van der Waals surface area contributed by atoms with Gasteiger partial charge in [0.05, 0.1) is 15.2 Å². The van der Waals surface area contributed by atoms with E-state index in [1.54, 1.807) is 6.07 Å². The minimum atomic E-state index is -0.185. The maximum Gasteiger partial charge on any atom is 0.261 e. The summed E-state index contributed by atoms with van der Waals surface area (Å²) in [5.41, 5.74) is 0. The van der Waals surface area contributed by atoms with E-state index in [0.29, 0.717) is 23.8 Å². The molecule has 4 nitrogen and oxygen atoms in total. The second-order valence-electron chi connectivity index (χ2n) is 4.44. The van der Waals surface area contributed by atoms with E-state index in [1.807, 2.05) is 24.3 Å². The zero-order valence-corrected chi connectivity index (χ0v) is 14.8. The summed E-state index contributed by atoms with van der Waals surface area (Å²) in [6.45, 7) is 0.829. The topological polar surface area (TPSA) is 47.6 Å². The summed E-state index contributed by atoms with van der Waals surface area (Å²) < 4.78 is 13.2. The summed E-state index contributed by atoms with van der Waals surface area (Å²) in [4.78, 5) is 12.7. The Morgan fingerprint density at radius 2 is 2.10 bits per heavy atom. The second-order valence-corrected chi connectivity index (χ2v) is 7.66. The summed E-state index contributed by atoms with van der Waals surface area (Å²) in [5, 5.41) is 2.86. The molecule has 0 aliphatic carbocycles. The van der Waals surface area contributed by atoms with E-state index in [0.717, 1.165) is 14.0 Å². The highest BCUT2D eigenvalue weighted by Crippen LogP contribution is 2.32. The van der Waals surface area contributed by atoms with Crippen LogP contribution in [0.1, 0.15) is 9.67 Å². The Morgan fingerprint density at radius 3 is 2.81 bits per heavy atom. The number of amides is 1. The van der Waals surface area contributed by atoms with Gasteiger partial charge in [0, 0.05) is 4.47 Å². The first-order valence-corrected chi connectivity index (χ1v) is 8.65. The fourth-order valence-corrected chi connectivity index (χ4v) is 3.87. The summed E-state index contributed by atoms with van der Waals surface area (Å²) >= 11 is 8.13. The number of ether oxygens (including phenoxy) is 2. The Morgan fingerprint density at radius 1 is 1.33 bits per heavy atom. The number of halogens is 2. The SMILES string of the molecule is O=C(NCC1COc2ccccc2O1)c1cc(Br)c(Br)s1. The van der Waals surface area contributed by atoms with Gasteiger partial charge in [-0.1, -0.05) is 12.1 Å². The molecule has 2 heterocycles. The van der Waals surface area contributed by atoms with Gasteiger partial charge in [-0.15, -0.1) is 11.3 Å². The third-order valence-electron chi connectivity index (χ3n) is 2.93. The highest BCUT2D eigenvalue weighted by atomic mass is 79.9. The molecule has 1 aromatic carbocycles. The molecule has 0 saturated carbocycles. The summed E-state index contributed by atoms with van der Waals surface area (Å²) in [5.74, 6) is 1.34. The number of carbonyl (C=O) groups is 1. The van der Waals surface area contributed by atoms with Crippen molar-refractivity contribution < 1.29 is 14.3 Å². The molecule has 2 aromatic rings. The standard InChI is InChI=1S/C14H11Br2NO3S/c15-9-5-12(21-13(9)16)14(18)17-6-8-7-19-10-3-1-2-4-11(10)20-8/h1-5,8H,6-7H2,(H,17,18). The summed E-state index contributed by atoms with van der Waals surface area (Å²) in [6, 6.07) is 9.31. The van der Waals surface area contributed by atoms with Crippen molar-refractivity contribution in [3.8, 4) is 11.5 Å². The van der Waals surface area contributed by atoms with E-state index in [4.69, 9.17) is 9.47 Å². The minimum Gasteiger partial charge on any atom is -0.486 e. The minimum absolute atomic E-state index is 0.117. The van der Waals surface area contributed by atoms with Crippen LogP contribution in [0.25, 0.3) is 0 Å². The third-order valence-corrected chi connectivity index (χ3v) is 6.18. The van der Waals surface area contributed by atoms with Crippen molar-refractivity contribution in [2.45, 2.75) is 6.10 Å². The Hall–Kier alpha value is -1.05. The highest BCUT2D eigenvalue weighted by Gasteiger charge is 2.21. The number of thiophene rings is 1. The summed E-state index contributed by atoms with van der Waals surface area (Å²) in [6.07, 6.45) is -0.185. The fourth-order valence-electron chi connectivity index (χ4n) is 1.92. The van der Waals surface area contributed by atoms with Gasteiger partial charge in [0.1, 0.15) is 12.7 Å². The van der Waals surface area contributed by atoms with Crippen molar-refractivity contribution in [2.75, 3.05) is 13.2 Å². The molecular weight excluding hydrogens is 422 g/mol. The van der Waals surface area contributed by atoms with Crippen molar-refractivity contribution in [2.24, 2.45) is 0 Å². The molecular formula is C14H11Br2NO3S. The van der Waals surface area contributed by atoms with Crippen LogP contribution in [-0.2, 0) is 0 Å². The smallest absolute Gasteiger partial charge is 0.261 e. The Balaban J connectivity index is 1.58. The number of benzene rings is 1. The predicted octanol–water partition coefficient (Wildman–Crippen LogP) is 3.84. The fraction of sp³-hybridized carbons (Fsp3) is 0.214. The third kappa shape index (κ3) is 3.41. The van der Waals surface area contributed by atoms with Crippen molar-refractivity contribution in [1.29, 1.82) is 0 Å². The van der Waals surface area contributed by atoms with Crippen LogP contribution in [0.3, 0.4) is 0 Å². The van der Waals surface area contributed by atoms with E-state index in [9.17, 15) is 4.79 Å². The van der Waals surface area contributed by atoms with Crippen molar-refractivity contribution in [3.05, 3.63) is 43.5 Å². The number of fused-ring (bicyclic) bond motifs is 1. The average molecular weight is 433 g/mol. The number of rotatable bonds is 3. The average Bonchev–Trinajstić information content (AvgIpc) is 2.84. The first-order valence-electron chi connectivity index (χ1n) is 6.25. The lowest BCUT2D eigenvalue weighted by Crippen LogP contribution is -2.40. The molecule has 1 aliphatic heterocycles. The maximum atomic E-state index is 12.1. The molecule has 1 atom stereocenters. The second kappa shape index (κ2) is 6.37. The van der Waals surface area contributed by atoms with Gasteiger partial charge in [-0.25, -0.2) is 0 Å². The molecule has 0 radical (unpaired) electrons. The Kier molecular flexibility index (Phi) is 4.51. The number of hydrogen-bond donors (Lipinski definition) is 1. The van der Waals surface area contributed by atoms with Gasteiger partial charge in [0.25, 0.3) is 5.91 Å². The van der Waals surface area contributed by atoms with Crippen LogP contribution in [0.4, 0.5) is 0 Å². The molecule has 1 aliphatic rings. The van der Waals surface area contributed by atoms with Gasteiger partial charge in [0.15, 0.2) is 11.5 Å². The molecule has 1 aromatic heterocycles. The van der Waals surface area contributed by atoms with Crippen molar-refractivity contribution >= 4 is 49.1 Å². The monoisotopic (exact) mass is 431 g/mol. The molecule has 1 unspecified atom stereocenters.